The molecule has 0 aromatic carbocycles. The van der Waals surface area contributed by atoms with E-state index >= 15 is 0 Å². The van der Waals surface area contributed by atoms with Crippen LogP contribution in [-0.2, 0) is 9.59 Å². The SMILES string of the molecule is O=C(NC1CCCC1)C(=O)N1CCN(CCO)CC1. The maximum atomic E-state index is 12.0. The van der Waals surface area contributed by atoms with Crippen molar-refractivity contribution >= 4 is 11.8 Å². The fraction of sp³-hybridized carbons (Fsp3) is 0.846. The fourth-order valence-electron chi connectivity index (χ4n) is 2.78. The molecule has 2 fully saturated rings. The molecule has 0 unspecified atom stereocenters. The van der Waals surface area contributed by atoms with Gasteiger partial charge in [-0.25, -0.2) is 0 Å². The Morgan fingerprint density at radius 2 is 1.74 bits per heavy atom. The zero-order chi connectivity index (χ0) is 13.7. The first-order valence-electron chi connectivity index (χ1n) is 7.13. The van der Waals surface area contributed by atoms with Crippen LogP contribution in [0, 0.1) is 0 Å². The van der Waals surface area contributed by atoms with Crippen molar-refractivity contribution < 1.29 is 14.7 Å². The van der Waals surface area contributed by atoms with E-state index in [0.717, 1.165) is 38.8 Å². The second-order valence-corrected chi connectivity index (χ2v) is 5.31. The molecular weight excluding hydrogens is 246 g/mol. The summed E-state index contributed by atoms with van der Waals surface area (Å²) < 4.78 is 0. The number of rotatable bonds is 3. The third-order valence-electron chi connectivity index (χ3n) is 3.96. The monoisotopic (exact) mass is 269 g/mol. The van der Waals surface area contributed by atoms with Crippen LogP contribution in [-0.4, -0.2) is 72.1 Å². The number of piperazine rings is 1. The van der Waals surface area contributed by atoms with Gasteiger partial charge in [0.25, 0.3) is 0 Å². The van der Waals surface area contributed by atoms with Gasteiger partial charge in [0.15, 0.2) is 0 Å². The number of aliphatic hydroxyl groups excluding tert-OH is 1. The van der Waals surface area contributed by atoms with Crippen molar-refractivity contribution in [1.82, 2.24) is 15.1 Å². The smallest absolute Gasteiger partial charge is 0.311 e. The van der Waals surface area contributed by atoms with Crippen molar-refractivity contribution in [2.45, 2.75) is 31.7 Å². The van der Waals surface area contributed by atoms with Crippen LogP contribution in [0.15, 0.2) is 0 Å². The zero-order valence-corrected chi connectivity index (χ0v) is 11.3. The normalized spacial score (nSPS) is 21.6. The number of hydrogen-bond acceptors (Lipinski definition) is 4. The number of hydrogen-bond donors (Lipinski definition) is 2. The molecule has 0 atom stereocenters. The average molecular weight is 269 g/mol. The van der Waals surface area contributed by atoms with E-state index in [1.165, 1.54) is 0 Å². The van der Waals surface area contributed by atoms with Crippen LogP contribution in [0.25, 0.3) is 0 Å². The molecule has 0 spiro atoms. The molecule has 1 saturated heterocycles. The summed E-state index contributed by atoms with van der Waals surface area (Å²) >= 11 is 0. The minimum atomic E-state index is -0.456. The standard InChI is InChI=1S/C13H23N3O3/c17-10-9-15-5-7-16(8-6-15)13(19)12(18)14-11-3-1-2-4-11/h11,17H,1-10H2,(H,14,18). The van der Waals surface area contributed by atoms with Gasteiger partial charge in [0.1, 0.15) is 0 Å². The molecule has 1 aliphatic carbocycles. The summed E-state index contributed by atoms with van der Waals surface area (Å²) in [5, 5.41) is 11.7. The number of nitrogens with one attached hydrogen (secondary N) is 1. The van der Waals surface area contributed by atoms with Gasteiger partial charge in [-0.2, -0.15) is 0 Å². The Balaban J connectivity index is 1.75. The minimum Gasteiger partial charge on any atom is -0.395 e. The van der Waals surface area contributed by atoms with Gasteiger partial charge < -0.3 is 15.3 Å². The van der Waals surface area contributed by atoms with Crippen molar-refractivity contribution in [2.24, 2.45) is 0 Å². The van der Waals surface area contributed by atoms with Crippen LogP contribution in [0.2, 0.25) is 0 Å². The molecule has 6 nitrogen and oxygen atoms in total. The number of β-amino-alcohol motifs (C(OH)–C–C–N with tert-alkyl or cyclic N) is 1. The summed E-state index contributed by atoms with van der Waals surface area (Å²) in [6, 6.07) is 0.187. The predicted molar refractivity (Wildman–Crippen MR) is 70.5 cm³/mol. The molecule has 1 saturated carbocycles. The second kappa shape index (κ2) is 6.86. The van der Waals surface area contributed by atoms with E-state index in [4.69, 9.17) is 5.11 Å². The lowest BCUT2D eigenvalue weighted by atomic mass is 10.2. The molecule has 108 valence electrons. The van der Waals surface area contributed by atoms with Crippen LogP contribution >= 0.6 is 0 Å². The minimum absolute atomic E-state index is 0.135. The van der Waals surface area contributed by atoms with Crippen LogP contribution < -0.4 is 5.32 Å². The molecule has 0 bridgehead atoms. The van der Waals surface area contributed by atoms with Gasteiger partial charge in [-0.15, -0.1) is 0 Å². The molecule has 2 amide bonds. The summed E-state index contributed by atoms with van der Waals surface area (Å²) in [5.74, 6) is -0.863. The lowest BCUT2D eigenvalue weighted by molar-refractivity contribution is -0.147. The van der Waals surface area contributed by atoms with Gasteiger partial charge in [0, 0.05) is 38.8 Å². The molecule has 2 aliphatic rings. The van der Waals surface area contributed by atoms with Crippen LogP contribution in [0.3, 0.4) is 0 Å². The highest BCUT2D eigenvalue weighted by molar-refractivity contribution is 6.35. The van der Waals surface area contributed by atoms with Crippen molar-refractivity contribution in [3.63, 3.8) is 0 Å². The Morgan fingerprint density at radius 1 is 1.11 bits per heavy atom. The van der Waals surface area contributed by atoms with Gasteiger partial charge in [-0.3, -0.25) is 14.5 Å². The van der Waals surface area contributed by atoms with Crippen molar-refractivity contribution in [2.75, 3.05) is 39.3 Å². The van der Waals surface area contributed by atoms with Gasteiger partial charge in [-0.1, -0.05) is 12.8 Å². The van der Waals surface area contributed by atoms with Crippen molar-refractivity contribution in [3.05, 3.63) is 0 Å². The van der Waals surface area contributed by atoms with E-state index in [2.05, 4.69) is 10.2 Å². The molecule has 2 rings (SSSR count). The topological polar surface area (TPSA) is 72.9 Å². The number of aliphatic hydroxyl groups is 1. The zero-order valence-electron chi connectivity index (χ0n) is 11.3. The molecule has 1 aliphatic heterocycles. The summed E-state index contributed by atoms with van der Waals surface area (Å²) in [5.41, 5.74) is 0. The third kappa shape index (κ3) is 3.91. The summed E-state index contributed by atoms with van der Waals surface area (Å²) in [4.78, 5) is 27.6. The Labute approximate surface area is 113 Å². The number of nitrogens with zero attached hydrogens (tertiary/aromatic N) is 2. The van der Waals surface area contributed by atoms with E-state index in [-0.39, 0.29) is 12.6 Å². The molecule has 0 radical (unpaired) electrons. The van der Waals surface area contributed by atoms with Gasteiger partial charge in [0.2, 0.25) is 0 Å². The third-order valence-corrected chi connectivity index (χ3v) is 3.96. The first-order chi connectivity index (χ1) is 9.20. The van der Waals surface area contributed by atoms with Crippen LogP contribution in [0.4, 0.5) is 0 Å². The number of carbonyl (C=O) groups excluding carboxylic acids is 2. The lowest BCUT2D eigenvalue weighted by Gasteiger charge is -2.34. The summed E-state index contributed by atoms with van der Waals surface area (Å²) in [6.45, 7) is 3.35. The molecule has 1 heterocycles. The van der Waals surface area contributed by atoms with E-state index in [1.54, 1.807) is 4.90 Å². The molecule has 0 aromatic heterocycles. The molecular formula is C13H23N3O3. The Hall–Kier alpha value is -1.14. The Morgan fingerprint density at radius 3 is 2.32 bits per heavy atom. The van der Waals surface area contributed by atoms with Crippen molar-refractivity contribution in [3.8, 4) is 0 Å². The summed E-state index contributed by atoms with van der Waals surface area (Å²) in [7, 11) is 0. The highest BCUT2D eigenvalue weighted by Crippen LogP contribution is 2.17. The van der Waals surface area contributed by atoms with Crippen molar-refractivity contribution in [1.29, 1.82) is 0 Å². The fourth-order valence-corrected chi connectivity index (χ4v) is 2.78. The second-order valence-electron chi connectivity index (χ2n) is 5.31. The van der Waals surface area contributed by atoms with E-state index in [9.17, 15) is 9.59 Å². The Kier molecular flexibility index (Phi) is 5.15. The Bertz CT molecular complexity index is 321. The molecule has 2 N–H and O–H groups in total. The largest absolute Gasteiger partial charge is 0.395 e. The molecule has 0 aromatic rings. The van der Waals surface area contributed by atoms with Crippen LogP contribution in [0.1, 0.15) is 25.7 Å². The van der Waals surface area contributed by atoms with E-state index < -0.39 is 11.8 Å². The first-order valence-corrected chi connectivity index (χ1v) is 7.13. The first kappa shape index (κ1) is 14.3. The quantitative estimate of drug-likeness (QED) is 0.657. The van der Waals surface area contributed by atoms with Gasteiger partial charge in [-0.05, 0) is 12.8 Å². The predicted octanol–water partition coefficient (Wildman–Crippen LogP) is -0.818. The number of carbonyl (C=O) groups is 2. The highest BCUT2D eigenvalue weighted by Gasteiger charge is 2.27. The average Bonchev–Trinajstić information content (AvgIpc) is 2.92. The maximum Gasteiger partial charge on any atom is 0.311 e. The lowest BCUT2D eigenvalue weighted by Crippen LogP contribution is -2.53. The molecule has 6 heteroatoms. The summed E-state index contributed by atoms with van der Waals surface area (Å²) in [6.07, 6.45) is 4.25. The maximum absolute atomic E-state index is 12.0. The van der Waals surface area contributed by atoms with E-state index in [0.29, 0.717) is 19.6 Å². The van der Waals surface area contributed by atoms with E-state index in [1.807, 2.05) is 0 Å². The number of amides is 2. The highest BCUT2D eigenvalue weighted by atomic mass is 16.3. The van der Waals surface area contributed by atoms with Gasteiger partial charge >= 0.3 is 11.8 Å². The van der Waals surface area contributed by atoms with Crippen LogP contribution in [0.5, 0.6) is 0 Å². The van der Waals surface area contributed by atoms with Gasteiger partial charge in [0.05, 0.1) is 6.61 Å². The molecule has 19 heavy (non-hydrogen) atoms.